The first kappa shape index (κ1) is 22.8. The highest BCUT2D eigenvalue weighted by Gasteiger charge is 2.36. The predicted molar refractivity (Wildman–Crippen MR) is 119 cm³/mol. The number of carbonyl (C=O) groups excluding carboxylic acids is 1. The fourth-order valence-corrected chi connectivity index (χ4v) is 5.83. The van der Waals surface area contributed by atoms with Gasteiger partial charge in [0.25, 0.3) is 5.91 Å². The van der Waals surface area contributed by atoms with Gasteiger partial charge in [-0.2, -0.15) is 0 Å². The number of benzene rings is 1. The molecule has 4 aliphatic rings. The van der Waals surface area contributed by atoms with E-state index in [4.69, 9.17) is 21.1 Å². The van der Waals surface area contributed by atoms with Crippen molar-refractivity contribution in [3.63, 3.8) is 0 Å². The number of nitrogens with zero attached hydrogens (tertiary/aromatic N) is 1. The minimum atomic E-state index is -3.30. The van der Waals surface area contributed by atoms with Crippen molar-refractivity contribution in [2.45, 2.75) is 56.6 Å². The van der Waals surface area contributed by atoms with E-state index in [9.17, 15) is 13.2 Å². The van der Waals surface area contributed by atoms with Crippen molar-refractivity contribution in [1.29, 1.82) is 0 Å². The highest BCUT2D eigenvalue weighted by Crippen LogP contribution is 2.40. The molecule has 1 amide bonds. The fraction of sp³-hybridized carbons (Fsp3) is 0.682. The van der Waals surface area contributed by atoms with E-state index >= 15 is 0 Å². The highest BCUT2D eigenvalue weighted by molar-refractivity contribution is 7.88. The van der Waals surface area contributed by atoms with Crippen LogP contribution in [0, 0.1) is 5.92 Å². The van der Waals surface area contributed by atoms with Gasteiger partial charge in [-0.25, -0.2) is 13.1 Å². The molecule has 3 aliphatic heterocycles. The molecule has 1 aromatic carbocycles. The van der Waals surface area contributed by atoms with Crippen LogP contribution in [0.2, 0.25) is 5.02 Å². The first-order valence-electron chi connectivity index (χ1n) is 11.1. The van der Waals surface area contributed by atoms with E-state index in [1.807, 2.05) is 17.0 Å². The van der Waals surface area contributed by atoms with Crippen LogP contribution in [0.3, 0.4) is 0 Å². The molecule has 1 aliphatic carbocycles. The van der Waals surface area contributed by atoms with Gasteiger partial charge in [-0.1, -0.05) is 11.6 Å². The maximum Gasteiger partial charge on any atom is 0.260 e. The number of carbonyl (C=O) groups is 1. The molecule has 1 unspecified atom stereocenters. The molecule has 2 bridgehead atoms. The van der Waals surface area contributed by atoms with Gasteiger partial charge in [0.1, 0.15) is 5.75 Å². The van der Waals surface area contributed by atoms with Crippen LogP contribution in [0.15, 0.2) is 18.2 Å². The third-order valence-electron chi connectivity index (χ3n) is 6.79. The number of nitrogens with one attached hydrogen (secondary N) is 1. The van der Waals surface area contributed by atoms with Crippen LogP contribution in [0.25, 0.3) is 0 Å². The Hall–Kier alpha value is -1.35. The van der Waals surface area contributed by atoms with Crippen LogP contribution in [-0.2, 0) is 19.6 Å². The summed E-state index contributed by atoms with van der Waals surface area (Å²) in [5, 5.41) is 0.675. The quantitative estimate of drug-likeness (QED) is 0.734. The first-order valence-corrected chi connectivity index (χ1v) is 13.3. The monoisotopic (exact) mass is 470 g/mol. The van der Waals surface area contributed by atoms with Crippen LogP contribution in [-0.4, -0.2) is 63.9 Å². The van der Waals surface area contributed by atoms with Crippen molar-refractivity contribution < 1.29 is 22.7 Å². The number of hydrogen-bond donors (Lipinski definition) is 1. The van der Waals surface area contributed by atoms with Gasteiger partial charge in [-0.05, 0) is 74.1 Å². The average Bonchev–Trinajstić information content (AvgIpc) is 2.76. The van der Waals surface area contributed by atoms with E-state index < -0.39 is 10.0 Å². The van der Waals surface area contributed by atoms with Crippen LogP contribution >= 0.6 is 11.6 Å². The largest absolute Gasteiger partial charge is 0.483 e. The van der Waals surface area contributed by atoms with Gasteiger partial charge in [-0.15, -0.1) is 0 Å². The first-order chi connectivity index (χ1) is 14.8. The van der Waals surface area contributed by atoms with Crippen LogP contribution in [0.5, 0.6) is 5.75 Å². The Balaban J connectivity index is 1.58. The summed E-state index contributed by atoms with van der Waals surface area (Å²) >= 11 is 6.26. The summed E-state index contributed by atoms with van der Waals surface area (Å²) in [4.78, 5) is 15.0. The summed E-state index contributed by atoms with van der Waals surface area (Å²) < 4.78 is 38.2. The molecule has 1 aromatic rings. The lowest BCUT2D eigenvalue weighted by Gasteiger charge is -2.42. The number of halogens is 1. The Morgan fingerprint density at radius 2 is 1.97 bits per heavy atom. The lowest BCUT2D eigenvalue weighted by molar-refractivity contribution is -0.142. The molecular formula is C22H31ClN2O5S. The summed E-state index contributed by atoms with van der Waals surface area (Å²) in [6.45, 7) is 1.32. The topological polar surface area (TPSA) is 84.9 Å². The van der Waals surface area contributed by atoms with E-state index in [-0.39, 0.29) is 30.6 Å². The number of hydrogen-bond acceptors (Lipinski definition) is 5. The second-order valence-electron chi connectivity index (χ2n) is 8.96. The van der Waals surface area contributed by atoms with E-state index in [2.05, 4.69) is 4.72 Å². The molecule has 2 fully saturated rings. The van der Waals surface area contributed by atoms with E-state index in [1.165, 1.54) is 0 Å². The van der Waals surface area contributed by atoms with Gasteiger partial charge in [0.15, 0.2) is 6.61 Å². The van der Waals surface area contributed by atoms with Crippen molar-refractivity contribution in [2.75, 3.05) is 32.6 Å². The number of amides is 1. The molecule has 2 atom stereocenters. The third-order valence-corrected chi connectivity index (χ3v) is 7.71. The Morgan fingerprint density at radius 1 is 1.19 bits per heavy atom. The predicted octanol–water partition coefficient (Wildman–Crippen LogP) is 2.93. The Kier molecular flexibility index (Phi) is 7.10. The smallest absolute Gasteiger partial charge is 0.260 e. The zero-order chi connectivity index (χ0) is 22.0. The molecule has 7 nitrogen and oxygen atoms in total. The summed E-state index contributed by atoms with van der Waals surface area (Å²) in [5.74, 6) is 0.994. The number of ether oxygens (including phenoxy) is 2. The molecule has 31 heavy (non-hydrogen) atoms. The number of piperidine rings is 1. The van der Waals surface area contributed by atoms with Crippen LogP contribution in [0.4, 0.5) is 0 Å². The summed E-state index contributed by atoms with van der Waals surface area (Å²) in [7, 11) is -3.30. The van der Waals surface area contributed by atoms with Crippen molar-refractivity contribution in [3.05, 3.63) is 28.8 Å². The highest BCUT2D eigenvalue weighted by atomic mass is 35.5. The number of sulfonamides is 1. The number of rotatable bonds is 3. The molecular weight excluding hydrogens is 440 g/mol. The zero-order valence-corrected chi connectivity index (χ0v) is 19.5. The maximum absolute atomic E-state index is 13.1. The Bertz CT molecular complexity index is 901. The van der Waals surface area contributed by atoms with Gasteiger partial charge in [-0.3, -0.25) is 4.79 Å². The Labute approximate surface area is 189 Å². The van der Waals surface area contributed by atoms with Gasteiger partial charge in [0, 0.05) is 18.1 Å². The van der Waals surface area contributed by atoms with E-state index in [0.717, 1.165) is 56.1 Å². The van der Waals surface area contributed by atoms with Crippen molar-refractivity contribution in [2.24, 2.45) is 5.92 Å². The molecule has 1 saturated carbocycles. The lowest BCUT2D eigenvalue weighted by Crippen LogP contribution is -2.54. The summed E-state index contributed by atoms with van der Waals surface area (Å²) in [5.41, 5.74) is 1.07. The minimum absolute atomic E-state index is 0.0139. The zero-order valence-electron chi connectivity index (χ0n) is 17.9. The Morgan fingerprint density at radius 3 is 2.71 bits per heavy atom. The molecule has 0 aromatic heterocycles. The van der Waals surface area contributed by atoms with E-state index in [1.54, 1.807) is 6.07 Å². The summed E-state index contributed by atoms with van der Waals surface area (Å²) in [6.07, 6.45) is 6.88. The van der Waals surface area contributed by atoms with Crippen molar-refractivity contribution in [1.82, 2.24) is 9.62 Å². The summed E-state index contributed by atoms with van der Waals surface area (Å²) in [6, 6.07) is 5.46. The molecule has 5 rings (SSSR count). The lowest BCUT2D eigenvalue weighted by atomic mass is 9.82. The second-order valence-corrected chi connectivity index (χ2v) is 11.2. The molecule has 172 valence electrons. The SMILES string of the molecule is CS(=O)(=O)NCC1CCCN2C(=O)COc3ccc(Cl)cc3C3CCC(CC3)OC[C@@H]12. The maximum atomic E-state index is 13.1. The molecule has 0 radical (unpaired) electrons. The molecule has 9 heteroatoms. The van der Waals surface area contributed by atoms with Crippen molar-refractivity contribution in [3.8, 4) is 5.75 Å². The second kappa shape index (κ2) is 9.65. The van der Waals surface area contributed by atoms with Gasteiger partial charge in [0.2, 0.25) is 10.0 Å². The minimum Gasteiger partial charge on any atom is -0.483 e. The third kappa shape index (κ3) is 5.72. The van der Waals surface area contributed by atoms with Crippen molar-refractivity contribution >= 4 is 27.5 Å². The van der Waals surface area contributed by atoms with Gasteiger partial charge < -0.3 is 14.4 Å². The molecule has 3 heterocycles. The molecule has 1 N–H and O–H groups in total. The standard InChI is InChI=1S/C22H31ClN2O5S/c1-31(27,28)24-12-16-3-2-10-25-20(16)13-29-18-7-4-15(5-8-18)19-11-17(23)6-9-21(19)30-14-22(25)26/h6,9,11,15-16,18,20,24H,2-5,7-8,10,12-14H2,1H3/t15?,16?,18?,20-/m0/s1. The van der Waals surface area contributed by atoms with Gasteiger partial charge in [0.05, 0.1) is 25.0 Å². The number of fused-ring (bicyclic) bond motifs is 5. The van der Waals surface area contributed by atoms with Gasteiger partial charge >= 0.3 is 0 Å². The molecule has 1 saturated heterocycles. The van der Waals surface area contributed by atoms with Crippen LogP contribution in [0.1, 0.15) is 50.0 Å². The van der Waals surface area contributed by atoms with E-state index in [0.29, 0.717) is 30.6 Å². The van der Waals surface area contributed by atoms with Crippen LogP contribution < -0.4 is 9.46 Å². The normalized spacial score (nSPS) is 29.7. The molecule has 0 spiro atoms. The average molecular weight is 471 g/mol. The fourth-order valence-electron chi connectivity index (χ4n) is 5.14.